The fraction of sp³-hybridized carbons (Fsp3) is 0.476. The Balaban J connectivity index is 1.86. The number of anilines is 1. The molecule has 0 spiro atoms. The van der Waals surface area contributed by atoms with Gasteiger partial charge in [-0.05, 0) is 38.5 Å². The topological polar surface area (TPSA) is 52.6 Å². The summed E-state index contributed by atoms with van der Waals surface area (Å²) in [6.45, 7) is 10.5. The highest BCUT2D eigenvalue weighted by atomic mass is 16.2. The quantitative estimate of drug-likeness (QED) is 0.832. The molecule has 1 amide bonds. The van der Waals surface area contributed by atoms with Crippen LogP contribution in [0.2, 0.25) is 0 Å². The van der Waals surface area contributed by atoms with Gasteiger partial charge in [-0.15, -0.1) is 10.2 Å². The van der Waals surface area contributed by atoms with Gasteiger partial charge in [0.25, 0.3) is 5.91 Å². The zero-order chi connectivity index (χ0) is 19.6. The van der Waals surface area contributed by atoms with E-state index in [1.165, 1.54) is 0 Å². The zero-order valence-corrected chi connectivity index (χ0v) is 16.9. The number of hydrogen-bond acceptors (Lipinski definition) is 5. The van der Waals surface area contributed by atoms with E-state index in [1.807, 2.05) is 31.2 Å². The van der Waals surface area contributed by atoms with Crippen LogP contribution in [0, 0.1) is 6.92 Å². The lowest BCUT2D eigenvalue weighted by molar-refractivity contribution is 0.0828. The van der Waals surface area contributed by atoms with Crippen molar-refractivity contribution < 1.29 is 4.79 Å². The van der Waals surface area contributed by atoms with Crippen LogP contribution in [0.5, 0.6) is 0 Å². The molecule has 0 radical (unpaired) electrons. The fourth-order valence-corrected chi connectivity index (χ4v) is 3.48. The molecule has 0 aliphatic carbocycles. The Bertz CT molecular complexity index is 810. The maximum absolute atomic E-state index is 12.5. The van der Waals surface area contributed by atoms with Gasteiger partial charge in [-0.3, -0.25) is 9.69 Å². The maximum Gasteiger partial charge on any atom is 0.254 e. The number of amides is 1. The first kappa shape index (κ1) is 19.3. The highest BCUT2D eigenvalue weighted by Gasteiger charge is 2.22. The number of nitrogens with zero attached hydrogens (tertiary/aromatic N) is 5. The Morgan fingerprint density at radius 3 is 2.33 bits per heavy atom. The summed E-state index contributed by atoms with van der Waals surface area (Å²) in [6.07, 6.45) is 0. The smallest absolute Gasteiger partial charge is 0.254 e. The zero-order valence-electron chi connectivity index (χ0n) is 16.9. The fourth-order valence-electron chi connectivity index (χ4n) is 3.48. The first-order valence-electron chi connectivity index (χ1n) is 9.53. The average Bonchev–Trinajstić information content (AvgIpc) is 2.67. The van der Waals surface area contributed by atoms with E-state index >= 15 is 0 Å². The Kier molecular flexibility index (Phi) is 5.75. The minimum absolute atomic E-state index is 0.0271. The van der Waals surface area contributed by atoms with Gasteiger partial charge in [0.1, 0.15) is 0 Å². The first-order chi connectivity index (χ1) is 12.9. The van der Waals surface area contributed by atoms with E-state index in [4.69, 9.17) is 0 Å². The Morgan fingerprint density at radius 2 is 1.74 bits per heavy atom. The van der Waals surface area contributed by atoms with Crippen LogP contribution in [-0.4, -0.2) is 72.2 Å². The lowest BCUT2D eigenvalue weighted by Gasteiger charge is -2.37. The van der Waals surface area contributed by atoms with Crippen molar-refractivity contribution in [1.29, 1.82) is 0 Å². The molecule has 1 fully saturated rings. The summed E-state index contributed by atoms with van der Waals surface area (Å²) < 4.78 is 0. The summed E-state index contributed by atoms with van der Waals surface area (Å²) in [5, 5.41) is 8.99. The van der Waals surface area contributed by atoms with Crippen LogP contribution in [0.3, 0.4) is 0 Å². The molecule has 144 valence electrons. The second-order valence-corrected chi connectivity index (χ2v) is 7.60. The molecule has 1 aliphatic heterocycles. The second-order valence-electron chi connectivity index (χ2n) is 7.60. The summed E-state index contributed by atoms with van der Waals surface area (Å²) >= 11 is 0. The molecule has 0 unspecified atom stereocenters. The van der Waals surface area contributed by atoms with E-state index in [0.717, 1.165) is 48.8 Å². The minimum atomic E-state index is -0.0271. The van der Waals surface area contributed by atoms with Crippen LogP contribution in [0.4, 0.5) is 5.82 Å². The Labute approximate surface area is 161 Å². The van der Waals surface area contributed by atoms with E-state index in [2.05, 4.69) is 39.9 Å². The number of rotatable bonds is 4. The van der Waals surface area contributed by atoms with Crippen LogP contribution in [-0.2, 0) is 0 Å². The predicted octanol–water partition coefficient (Wildman–Crippen LogP) is 2.68. The molecule has 6 heteroatoms. The largest absolute Gasteiger partial charge is 0.353 e. The molecule has 3 rings (SSSR count). The van der Waals surface area contributed by atoms with E-state index in [0.29, 0.717) is 11.6 Å². The number of aromatic nitrogens is 2. The van der Waals surface area contributed by atoms with Crippen molar-refractivity contribution in [2.24, 2.45) is 0 Å². The molecule has 2 aromatic rings. The molecule has 6 nitrogen and oxygen atoms in total. The summed E-state index contributed by atoms with van der Waals surface area (Å²) in [5.74, 6) is 0.886. The number of hydrogen-bond donors (Lipinski definition) is 0. The molecule has 0 N–H and O–H groups in total. The van der Waals surface area contributed by atoms with Crippen LogP contribution < -0.4 is 4.90 Å². The monoisotopic (exact) mass is 367 g/mol. The number of carbonyl (C=O) groups excluding carboxylic acids is 1. The molecule has 27 heavy (non-hydrogen) atoms. The van der Waals surface area contributed by atoms with Crippen molar-refractivity contribution in [3.8, 4) is 11.3 Å². The molecule has 2 heterocycles. The first-order valence-corrected chi connectivity index (χ1v) is 9.53. The van der Waals surface area contributed by atoms with Gasteiger partial charge in [-0.2, -0.15) is 0 Å². The molecule has 0 atom stereocenters. The van der Waals surface area contributed by atoms with Crippen molar-refractivity contribution >= 4 is 11.7 Å². The normalized spacial score (nSPS) is 15.3. The third-order valence-electron chi connectivity index (χ3n) is 5.16. The van der Waals surface area contributed by atoms with Gasteiger partial charge in [-0.25, -0.2) is 0 Å². The molecule has 1 aliphatic rings. The lowest BCUT2D eigenvalue weighted by Crippen LogP contribution is -2.49. The van der Waals surface area contributed by atoms with E-state index < -0.39 is 0 Å². The molecule has 1 saturated heterocycles. The van der Waals surface area contributed by atoms with Crippen LogP contribution in [0.25, 0.3) is 11.3 Å². The van der Waals surface area contributed by atoms with E-state index in [9.17, 15) is 4.79 Å². The van der Waals surface area contributed by atoms with Crippen LogP contribution in [0.1, 0.15) is 29.8 Å². The van der Waals surface area contributed by atoms with Crippen molar-refractivity contribution in [3.05, 3.63) is 41.5 Å². The van der Waals surface area contributed by atoms with Gasteiger partial charge >= 0.3 is 0 Å². The second kappa shape index (κ2) is 8.05. The van der Waals surface area contributed by atoms with Gasteiger partial charge in [0, 0.05) is 57.4 Å². The lowest BCUT2D eigenvalue weighted by atomic mass is 10.0. The van der Waals surface area contributed by atoms with Crippen molar-refractivity contribution in [2.75, 3.05) is 45.2 Å². The van der Waals surface area contributed by atoms with Crippen LogP contribution in [0.15, 0.2) is 30.3 Å². The van der Waals surface area contributed by atoms with Crippen molar-refractivity contribution in [2.45, 2.75) is 26.8 Å². The standard InChI is InChI=1S/C21H29N5O/c1-15(2)25-10-12-26(13-11-25)19-14-16(3)20(23-22-19)17-8-6-7-9-18(17)21(27)24(4)5/h6-9,14-15H,10-13H2,1-5H3. The van der Waals surface area contributed by atoms with Gasteiger partial charge < -0.3 is 9.80 Å². The summed E-state index contributed by atoms with van der Waals surface area (Å²) in [6, 6.07) is 10.3. The minimum Gasteiger partial charge on any atom is -0.353 e. The van der Waals surface area contributed by atoms with Crippen LogP contribution >= 0.6 is 0 Å². The molecular formula is C21H29N5O. The molecular weight excluding hydrogens is 338 g/mol. The summed E-state index contributed by atoms with van der Waals surface area (Å²) in [4.78, 5) is 18.9. The summed E-state index contributed by atoms with van der Waals surface area (Å²) in [7, 11) is 3.52. The number of carbonyl (C=O) groups is 1. The average molecular weight is 367 g/mol. The highest BCUT2D eigenvalue weighted by Crippen LogP contribution is 2.27. The van der Waals surface area contributed by atoms with Gasteiger partial charge in [0.2, 0.25) is 0 Å². The number of aryl methyl sites for hydroxylation is 1. The molecule has 0 bridgehead atoms. The van der Waals surface area contributed by atoms with Gasteiger partial charge in [0.05, 0.1) is 5.69 Å². The Morgan fingerprint density at radius 1 is 1.07 bits per heavy atom. The van der Waals surface area contributed by atoms with Crippen molar-refractivity contribution in [3.63, 3.8) is 0 Å². The summed E-state index contributed by atoms with van der Waals surface area (Å²) in [5.41, 5.74) is 3.28. The molecule has 1 aromatic carbocycles. The van der Waals surface area contributed by atoms with E-state index in [-0.39, 0.29) is 5.91 Å². The number of piperazine rings is 1. The predicted molar refractivity (Wildman–Crippen MR) is 109 cm³/mol. The SMILES string of the molecule is Cc1cc(N2CCN(C(C)C)CC2)nnc1-c1ccccc1C(=O)N(C)C. The third-order valence-corrected chi connectivity index (χ3v) is 5.16. The van der Waals surface area contributed by atoms with Gasteiger partial charge in [-0.1, -0.05) is 18.2 Å². The number of benzene rings is 1. The third kappa shape index (κ3) is 4.11. The van der Waals surface area contributed by atoms with Crippen molar-refractivity contribution in [1.82, 2.24) is 20.0 Å². The highest BCUT2D eigenvalue weighted by molar-refractivity contribution is 6.00. The van der Waals surface area contributed by atoms with E-state index in [1.54, 1.807) is 19.0 Å². The molecule has 1 aromatic heterocycles. The Hall–Kier alpha value is -2.47. The molecule has 0 saturated carbocycles. The maximum atomic E-state index is 12.5. The van der Waals surface area contributed by atoms with Gasteiger partial charge in [0.15, 0.2) is 5.82 Å².